The van der Waals surface area contributed by atoms with Gasteiger partial charge in [0.05, 0.1) is 13.2 Å². The number of methoxy groups -OCH3 is 1. The van der Waals surface area contributed by atoms with Gasteiger partial charge in [-0.25, -0.2) is 4.98 Å². The molecular weight excluding hydrogens is 318 g/mol. The molecule has 5 heteroatoms. The van der Waals surface area contributed by atoms with E-state index in [9.17, 15) is 0 Å². The molecule has 1 aromatic heterocycles. The highest BCUT2D eigenvalue weighted by molar-refractivity contribution is 7.80. The van der Waals surface area contributed by atoms with Crippen LogP contribution < -0.4 is 15.4 Å². The molecular formula is C19H25N3OS. The van der Waals surface area contributed by atoms with Gasteiger partial charge in [0.2, 0.25) is 0 Å². The highest BCUT2D eigenvalue weighted by Crippen LogP contribution is 2.23. The maximum Gasteiger partial charge on any atom is 0.172 e. The summed E-state index contributed by atoms with van der Waals surface area (Å²) in [7, 11) is 1.67. The predicted octanol–water partition coefficient (Wildman–Crippen LogP) is 4.47. The van der Waals surface area contributed by atoms with Crippen molar-refractivity contribution in [1.29, 1.82) is 0 Å². The minimum Gasteiger partial charge on any atom is -0.497 e. The highest BCUT2D eigenvalue weighted by atomic mass is 32.1. The van der Waals surface area contributed by atoms with E-state index in [4.69, 9.17) is 17.0 Å². The standard InChI is InChI=1S/C19H25N3OS/c1-13(2)11-17(15-6-8-16(23-4)9-7-15)21-19(24)22-18-10-5-14(3)12-20-18/h5-10,12-13,17H,11H2,1-4H3,(H2,20,21,22,24)/t17-/m0/s1. The van der Waals surface area contributed by atoms with Crippen LogP contribution in [0.25, 0.3) is 0 Å². The van der Waals surface area contributed by atoms with E-state index in [2.05, 4.69) is 41.6 Å². The molecule has 0 aliphatic rings. The Bertz CT molecular complexity index is 653. The number of ether oxygens (including phenoxy) is 1. The number of hydrogen-bond donors (Lipinski definition) is 2. The zero-order valence-electron chi connectivity index (χ0n) is 14.7. The van der Waals surface area contributed by atoms with Crippen molar-refractivity contribution in [2.75, 3.05) is 12.4 Å². The Morgan fingerprint density at radius 3 is 2.42 bits per heavy atom. The van der Waals surface area contributed by atoms with E-state index in [1.807, 2.05) is 37.4 Å². The number of anilines is 1. The first-order chi connectivity index (χ1) is 11.5. The van der Waals surface area contributed by atoms with Crippen molar-refractivity contribution < 1.29 is 4.74 Å². The van der Waals surface area contributed by atoms with Gasteiger partial charge < -0.3 is 15.4 Å². The number of pyridine rings is 1. The third-order valence-corrected chi connectivity index (χ3v) is 3.90. The van der Waals surface area contributed by atoms with Crippen LogP contribution in [0.2, 0.25) is 0 Å². The van der Waals surface area contributed by atoms with Gasteiger partial charge in [-0.15, -0.1) is 0 Å². The van der Waals surface area contributed by atoms with Crippen LogP contribution in [-0.4, -0.2) is 17.2 Å². The molecule has 2 rings (SSSR count). The van der Waals surface area contributed by atoms with E-state index in [1.54, 1.807) is 7.11 Å². The number of aromatic nitrogens is 1. The van der Waals surface area contributed by atoms with E-state index >= 15 is 0 Å². The maximum absolute atomic E-state index is 5.46. The molecule has 2 aromatic rings. The second kappa shape index (κ2) is 8.64. The molecule has 0 radical (unpaired) electrons. The summed E-state index contributed by atoms with van der Waals surface area (Å²) in [6, 6.07) is 12.2. The van der Waals surface area contributed by atoms with Crippen LogP contribution in [0.15, 0.2) is 42.6 Å². The van der Waals surface area contributed by atoms with E-state index in [-0.39, 0.29) is 6.04 Å². The van der Waals surface area contributed by atoms with Crippen molar-refractivity contribution in [1.82, 2.24) is 10.3 Å². The van der Waals surface area contributed by atoms with Crippen LogP contribution in [0.3, 0.4) is 0 Å². The average molecular weight is 343 g/mol. The van der Waals surface area contributed by atoms with Gasteiger partial charge in [0.15, 0.2) is 5.11 Å². The maximum atomic E-state index is 5.46. The van der Waals surface area contributed by atoms with Crippen LogP contribution in [-0.2, 0) is 0 Å². The molecule has 128 valence electrons. The van der Waals surface area contributed by atoms with Crippen LogP contribution >= 0.6 is 12.2 Å². The van der Waals surface area contributed by atoms with Crippen molar-refractivity contribution >= 4 is 23.1 Å². The Morgan fingerprint density at radius 1 is 1.17 bits per heavy atom. The first-order valence-electron chi connectivity index (χ1n) is 8.12. The molecule has 0 aliphatic carbocycles. The summed E-state index contributed by atoms with van der Waals surface area (Å²) >= 11 is 5.46. The van der Waals surface area contributed by atoms with Crippen molar-refractivity contribution in [2.45, 2.75) is 33.2 Å². The number of hydrogen-bond acceptors (Lipinski definition) is 3. The number of rotatable bonds is 6. The van der Waals surface area contributed by atoms with E-state index < -0.39 is 0 Å². The Labute approximate surface area is 149 Å². The molecule has 1 heterocycles. The average Bonchev–Trinajstić information content (AvgIpc) is 2.56. The van der Waals surface area contributed by atoms with Gasteiger partial charge in [-0.05, 0) is 60.8 Å². The lowest BCUT2D eigenvalue weighted by atomic mass is 9.97. The summed E-state index contributed by atoms with van der Waals surface area (Å²) in [4.78, 5) is 4.33. The monoisotopic (exact) mass is 343 g/mol. The van der Waals surface area contributed by atoms with Gasteiger partial charge in [0.25, 0.3) is 0 Å². The third-order valence-electron chi connectivity index (χ3n) is 3.68. The summed E-state index contributed by atoms with van der Waals surface area (Å²) in [6.45, 7) is 6.42. The first-order valence-corrected chi connectivity index (χ1v) is 8.53. The van der Waals surface area contributed by atoms with Crippen molar-refractivity contribution in [3.63, 3.8) is 0 Å². The summed E-state index contributed by atoms with van der Waals surface area (Å²) in [5.41, 5.74) is 2.31. The number of thiocarbonyl (C=S) groups is 1. The van der Waals surface area contributed by atoms with Gasteiger partial charge in [0.1, 0.15) is 11.6 Å². The molecule has 0 spiro atoms. The second-order valence-electron chi connectivity index (χ2n) is 6.27. The van der Waals surface area contributed by atoms with Crippen LogP contribution in [0.1, 0.15) is 37.4 Å². The highest BCUT2D eigenvalue weighted by Gasteiger charge is 2.15. The topological polar surface area (TPSA) is 46.2 Å². The van der Waals surface area contributed by atoms with Crippen LogP contribution in [0.4, 0.5) is 5.82 Å². The lowest BCUT2D eigenvalue weighted by molar-refractivity contribution is 0.414. The Hall–Kier alpha value is -2.14. The van der Waals surface area contributed by atoms with Gasteiger partial charge in [-0.1, -0.05) is 32.0 Å². The number of aryl methyl sites for hydroxylation is 1. The number of nitrogens with zero attached hydrogens (tertiary/aromatic N) is 1. The molecule has 2 N–H and O–H groups in total. The van der Waals surface area contributed by atoms with Crippen molar-refractivity contribution in [3.05, 3.63) is 53.7 Å². The summed E-state index contributed by atoms with van der Waals surface area (Å²) < 4.78 is 5.23. The van der Waals surface area contributed by atoms with Crippen LogP contribution in [0.5, 0.6) is 5.75 Å². The molecule has 4 nitrogen and oxygen atoms in total. The molecule has 0 saturated carbocycles. The Balaban J connectivity index is 2.06. The zero-order chi connectivity index (χ0) is 17.5. The first kappa shape index (κ1) is 18.2. The van der Waals surface area contributed by atoms with Gasteiger partial charge in [-0.2, -0.15) is 0 Å². The third kappa shape index (κ3) is 5.49. The summed E-state index contributed by atoms with van der Waals surface area (Å²) in [6.07, 6.45) is 2.80. The molecule has 1 aromatic carbocycles. The minimum absolute atomic E-state index is 0.140. The van der Waals surface area contributed by atoms with Gasteiger partial charge in [0, 0.05) is 6.20 Å². The predicted molar refractivity (Wildman–Crippen MR) is 104 cm³/mol. The molecule has 0 unspecified atom stereocenters. The molecule has 0 amide bonds. The van der Waals surface area contributed by atoms with E-state index in [1.165, 1.54) is 5.56 Å². The quantitative estimate of drug-likeness (QED) is 0.758. The number of benzene rings is 1. The fraction of sp³-hybridized carbons (Fsp3) is 0.368. The van der Waals surface area contributed by atoms with Crippen molar-refractivity contribution in [2.24, 2.45) is 5.92 Å². The molecule has 1 atom stereocenters. The lowest BCUT2D eigenvalue weighted by Gasteiger charge is -2.23. The molecule has 24 heavy (non-hydrogen) atoms. The summed E-state index contributed by atoms with van der Waals surface area (Å²) in [5.74, 6) is 2.15. The molecule has 0 aliphatic heterocycles. The van der Waals surface area contributed by atoms with E-state index in [0.29, 0.717) is 11.0 Å². The summed E-state index contributed by atoms with van der Waals surface area (Å²) in [5, 5.41) is 7.13. The largest absolute Gasteiger partial charge is 0.497 e. The fourth-order valence-electron chi connectivity index (χ4n) is 2.44. The molecule has 0 bridgehead atoms. The molecule has 0 saturated heterocycles. The fourth-order valence-corrected chi connectivity index (χ4v) is 2.69. The van der Waals surface area contributed by atoms with Crippen molar-refractivity contribution in [3.8, 4) is 5.75 Å². The Kier molecular flexibility index (Phi) is 6.55. The van der Waals surface area contributed by atoms with Gasteiger partial charge >= 0.3 is 0 Å². The number of nitrogens with one attached hydrogen (secondary N) is 2. The second-order valence-corrected chi connectivity index (χ2v) is 6.68. The SMILES string of the molecule is COc1ccc([C@H](CC(C)C)NC(=S)Nc2ccc(C)cn2)cc1. The van der Waals surface area contributed by atoms with E-state index in [0.717, 1.165) is 23.6 Å². The lowest BCUT2D eigenvalue weighted by Crippen LogP contribution is -2.33. The molecule has 0 fully saturated rings. The van der Waals surface area contributed by atoms with Gasteiger partial charge in [-0.3, -0.25) is 0 Å². The minimum atomic E-state index is 0.140. The Morgan fingerprint density at radius 2 is 1.88 bits per heavy atom. The normalized spacial score (nSPS) is 11.9. The van der Waals surface area contributed by atoms with Crippen LogP contribution in [0, 0.1) is 12.8 Å². The zero-order valence-corrected chi connectivity index (χ0v) is 15.5. The smallest absolute Gasteiger partial charge is 0.172 e.